The number of aliphatic hydroxyl groups excluding tert-OH is 1. The van der Waals surface area contributed by atoms with Crippen LogP contribution in [0.15, 0.2) is 12.2 Å². The minimum absolute atomic E-state index is 0.0735. The fourth-order valence-electron chi connectivity index (χ4n) is 11.6. The Kier molecular flexibility index (Phi) is 36.0. The van der Waals surface area contributed by atoms with E-state index in [1.807, 2.05) is 87.4 Å². The first-order valence-corrected chi connectivity index (χ1v) is 34.7. The van der Waals surface area contributed by atoms with Gasteiger partial charge in [-0.3, -0.25) is 52.7 Å². The van der Waals surface area contributed by atoms with Crippen LogP contribution in [0.4, 0.5) is 0 Å². The third-order valence-corrected chi connectivity index (χ3v) is 18.6. The normalized spacial score (nSPS) is 26.6. The summed E-state index contributed by atoms with van der Waals surface area (Å²) in [5.41, 5.74) is 0. The second-order valence-electron chi connectivity index (χ2n) is 28.9. The van der Waals surface area contributed by atoms with E-state index in [2.05, 4.69) is 21.3 Å². The number of rotatable bonds is 20. The molecule has 0 spiro atoms. The van der Waals surface area contributed by atoms with Gasteiger partial charge in [0.05, 0.1) is 6.10 Å². The van der Waals surface area contributed by atoms with Crippen LogP contribution in [0.5, 0.6) is 0 Å². The Bertz CT molecular complexity index is 2530. The van der Waals surface area contributed by atoms with Crippen molar-refractivity contribution < 1.29 is 57.8 Å². The van der Waals surface area contributed by atoms with Gasteiger partial charge in [0, 0.05) is 67.4 Å². The van der Waals surface area contributed by atoms with Crippen molar-refractivity contribution in [1.29, 1.82) is 0 Å². The molecule has 0 bridgehead atoms. The van der Waals surface area contributed by atoms with Crippen LogP contribution in [-0.2, 0) is 52.7 Å². The number of hydrogen-bond acceptors (Lipinski definition) is 14. The Morgan fingerprint density at radius 2 is 0.785 bits per heavy atom. The van der Waals surface area contributed by atoms with E-state index in [0.717, 1.165) is 4.90 Å². The zero-order chi connectivity index (χ0) is 72.1. The lowest BCUT2D eigenvalue weighted by molar-refractivity contribution is -0.157. The fraction of sp³-hybridized carbons (Fsp3) is 0.809. The maximum absolute atomic E-state index is 15.4. The van der Waals surface area contributed by atoms with Crippen LogP contribution in [0, 0.1) is 47.3 Å². The number of aliphatic hydroxyl groups is 1. The van der Waals surface area contributed by atoms with Gasteiger partial charge in [0.2, 0.25) is 65.0 Å². The molecule has 1 rings (SSSR count). The Morgan fingerprint density at radius 1 is 0.430 bits per heavy atom. The van der Waals surface area contributed by atoms with Crippen molar-refractivity contribution >= 4 is 76.7 Å². The molecule has 11 amide bonds. The highest BCUT2D eigenvalue weighted by atomic mass is 32.2. The average molecular weight is 1330 g/mol. The first kappa shape index (κ1) is 85.2. The molecule has 0 radical (unpaired) electrons. The third kappa shape index (κ3) is 24.7. The molecule has 0 aromatic rings. The van der Waals surface area contributed by atoms with E-state index in [9.17, 15) is 29.1 Å². The molecule has 534 valence electrons. The molecule has 25 heteroatoms. The maximum Gasteiger partial charge on any atom is 0.246 e. The van der Waals surface area contributed by atoms with Crippen molar-refractivity contribution in [3.8, 4) is 0 Å². The van der Waals surface area contributed by atoms with E-state index in [1.165, 1.54) is 104 Å². The summed E-state index contributed by atoms with van der Waals surface area (Å²) in [6.45, 7) is 32.5. The number of likely N-dealkylation sites (N-methyl/N-ethyl adjacent to an activating group) is 7. The van der Waals surface area contributed by atoms with Crippen LogP contribution < -0.4 is 21.3 Å². The van der Waals surface area contributed by atoms with Crippen molar-refractivity contribution in [3.05, 3.63) is 12.2 Å². The molecule has 24 nitrogen and oxygen atoms in total. The molecular formula is C68H124N12O12S. The number of thioether (sulfide) groups is 1. The molecule has 93 heavy (non-hydrogen) atoms. The second kappa shape index (κ2) is 39.3. The molecule has 0 aromatic heterocycles. The summed E-state index contributed by atoms with van der Waals surface area (Å²) in [6.07, 6.45) is 2.97. The first-order chi connectivity index (χ1) is 42.9. The number of amides is 11. The summed E-state index contributed by atoms with van der Waals surface area (Å²) in [7, 11) is 13.9. The number of allylic oxidation sites excluding steroid dienone is 2. The first-order valence-electron chi connectivity index (χ1n) is 33.5. The fourth-order valence-corrected chi connectivity index (χ4v) is 12.8. The van der Waals surface area contributed by atoms with Gasteiger partial charge in [-0.1, -0.05) is 116 Å². The Hall–Kier alpha value is -5.82. The minimum Gasteiger partial charge on any atom is -0.390 e. The van der Waals surface area contributed by atoms with Crippen molar-refractivity contribution in [1.82, 2.24) is 60.5 Å². The highest BCUT2D eigenvalue weighted by Gasteiger charge is 2.47. The van der Waals surface area contributed by atoms with E-state index >= 15 is 28.8 Å². The largest absolute Gasteiger partial charge is 0.390 e. The molecule has 0 unspecified atom stereocenters. The highest BCUT2D eigenvalue weighted by molar-refractivity contribution is 7.99. The molecule has 0 aliphatic carbocycles. The van der Waals surface area contributed by atoms with Crippen molar-refractivity contribution in [3.63, 3.8) is 0 Å². The van der Waals surface area contributed by atoms with Gasteiger partial charge in [-0.15, -0.1) is 0 Å². The summed E-state index contributed by atoms with van der Waals surface area (Å²) >= 11 is 1.41. The van der Waals surface area contributed by atoms with E-state index < -0.39 is 161 Å². The average Bonchev–Trinajstić information content (AvgIpc) is 1.32. The second-order valence-corrected chi connectivity index (χ2v) is 30.1. The molecule has 13 atom stereocenters. The zero-order valence-electron chi connectivity index (χ0n) is 61.8. The van der Waals surface area contributed by atoms with Gasteiger partial charge >= 0.3 is 0 Å². The minimum atomic E-state index is -1.64. The number of carbonyl (C=O) groups is 11. The quantitative estimate of drug-likeness (QED) is 0.0845. The summed E-state index contributed by atoms with van der Waals surface area (Å²) in [4.78, 5) is 175. The van der Waals surface area contributed by atoms with Gasteiger partial charge in [-0.05, 0) is 114 Å². The molecule has 1 heterocycles. The Morgan fingerprint density at radius 3 is 1.20 bits per heavy atom. The number of nitrogens with zero attached hydrogens (tertiary/aromatic N) is 8. The van der Waals surface area contributed by atoms with Crippen molar-refractivity contribution in [2.75, 3.05) is 81.5 Å². The predicted octanol–water partition coefficient (Wildman–Crippen LogP) is 4.18. The Labute approximate surface area is 562 Å². The van der Waals surface area contributed by atoms with Crippen LogP contribution in [0.25, 0.3) is 0 Å². The molecule has 0 saturated carbocycles. The van der Waals surface area contributed by atoms with E-state index in [4.69, 9.17) is 0 Å². The summed E-state index contributed by atoms with van der Waals surface area (Å²) in [5.74, 6) is -9.77. The molecule has 1 aliphatic rings. The van der Waals surface area contributed by atoms with Crippen LogP contribution in [0.1, 0.15) is 157 Å². The van der Waals surface area contributed by atoms with Crippen LogP contribution in [0.3, 0.4) is 0 Å². The standard InChI is InChI=1S/C68H124N12O12S/c1-28-29-30-45(16)57(81)56-61(85)72-54(43(12)13)67(91)78(25)52(37-93-32-31-73(19)20)65(89)74(21)49(34-39(4)5)60(84)71-53(42(10)11)66(90)75(22)48(33-38(2)3)59(83)69-46(17)58(82)70-47(18)62(86)76(23)50(35-40(6)7)63(87)77(24)51(36-41(8)9)64(88)79(26)55(44(14)15)68(92)80(56)27/h28-29,38-57,81H,30-37H2,1-27H3,(H,69,83)(H,70,82)(H,71,84)(H,72,85)/b29-28+/t45-,46-,47+,48-,49+,50-,51-,52-,53-,54-,55-,56-,57-/m1/s1. The molecule has 5 N–H and O–H groups in total. The predicted molar refractivity (Wildman–Crippen MR) is 368 cm³/mol. The van der Waals surface area contributed by atoms with Crippen molar-refractivity contribution in [2.45, 2.75) is 229 Å². The SMILES string of the molecule is C/C=C/C[C@@H](C)[C@@H](O)[C@@H]1C(=O)N[C@H](C(C)C)C(=O)N(C)[C@H](CSCCN(C)C)C(=O)N(C)[C@@H](CC(C)C)C(=O)N[C@H](C(C)C)C(=O)N(C)[C@H](CC(C)C)C(=O)N[C@H](C)C(=O)N[C@@H](C)C(=O)N(C)[C@H](CC(C)C)C(=O)N(C)[C@H](CC(C)C)C(=O)N(C)[C@H](C(C)C)C(=O)N1C. The van der Waals surface area contributed by atoms with Gasteiger partial charge in [0.25, 0.3) is 0 Å². The summed E-state index contributed by atoms with van der Waals surface area (Å²) in [6, 6.07) is -13.8. The van der Waals surface area contributed by atoms with Gasteiger partial charge in [0.1, 0.15) is 66.5 Å². The topological polar surface area (TPSA) is 282 Å². The number of nitrogens with one attached hydrogen (secondary N) is 4. The number of hydrogen-bond donors (Lipinski definition) is 5. The monoisotopic (exact) mass is 1330 g/mol. The van der Waals surface area contributed by atoms with Gasteiger partial charge in [0.15, 0.2) is 0 Å². The molecule has 1 fully saturated rings. The van der Waals surface area contributed by atoms with E-state index in [0.29, 0.717) is 18.7 Å². The molecule has 1 aliphatic heterocycles. The Balaban J connectivity index is 4.58. The molecule has 1 saturated heterocycles. The maximum atomic E-state index is 15.4. The smallest absolute Gasteiger partial charge is 0.246 e. The highest BCUT2D eigenvalue weighted by Crippen LogP contribution is 2.27. The lowest BCUT2D eigenvalue weighted by Crippen LogP contribution is -2.64. The van der Waals surface area contributed by atoms with Crippen LogP contribution in [-0.4, -0.2) is 263 Å². The third-order valence-electron chi connectivity index (χ3n) is 17.5. The zero-order valence-corrected chi connectivity index (χ0v) is 62.6. The van der Waals surface area contributed by atoms with Gasteiger partial charge < -0.3 is 65.6 Å². The van der Waals surface area contributed by atoms with E-state index in [-0.39, 0.29) is 55.1 Å². The van der Waals surface area contributed by atoms with Gasteiger partial charge in [-0.25, -0.2) is 0 Å². The lowest BCUT2D eigenvalue weighted by atomic mass is 9.91. The van der Waals surface area contributed by atoms with Crippen LogP contribution >= 0.6 is 11.8 Å². The van der Waals surface area contributed by atoms with Gasteiger partial charge in [-0.2, -0.15) is 11.8 Å². The molecular weight excluding hydrogens is 1210 g/mol. The summed E-state index contributed by atoms with van der Waals surface area (Å²) < 4.78 is 0. The summed E-state index contributed by atoms with van der Waals surface area (Å²) in [5, 5.41) is 23.6. The lowest BCUT2D eigenvalue weighted by Gasteiger charge is -2.42. The molecule has 0 aromatic carbocycles. The van der Waals surface area contributed by atoms with E-state index in [1.54, 1.807) is 54.5 Å². The number of carbonyl (C=O) groups excluding carboxylic acids is 11. The van der Waals surface area contributed by atoms with Crippen molar-refractivity contribution in [2.24, 2.45) is 47.3 Å². The van der Waals surface area contributed by atoms with Crippen LogP contribution in [0.2, 0.25) is 0 Å².